The second kappa shape index (κ2) is 7.82. The predicted molar refractivity (Wildman–Crippen MR) is 73.9 cm³/mol. The molecule has 1 aromatic carbocycles. The quantitative estimate of drug-likeness (QED) is 0.774. The highest BCUT2D eigenvalue weighted by molar-refractivity contribution is 9.10. The van der Waals surface area contributed by atoms with Crippen LogP contribution in [0.5, 0.6) is 0 Å². The summed E-state index contributed by atoms with van der Waals surface area (Å²) < 4.78 is 1.15. The fourth-order valence-corrected chi connectivity index (χ4v) is 1.70. The van der Waals surface area contributed by atoms with Crippen LogP contribution in [0.4, 0.5) is 0 Å². The summed E-state index contributed by atoms with van der Waals surface area (Å²) in [5, 5.41) is 3.46. The summed E-state index contributed by atoms with van der Waals surface area (Å²) in [5.41, 5.74) is 1.39. The third-order valence-corrected chi connectivity index (χ3v) is 3.24. The van der Waals surface area contributed by atoms with Crippen molar-refractivity contribution < 1.29 is 0 Å². The molecule has 0 radical (unpaired) electrons. The molecule has 0 amide bonds. The first-order valence-corrected chi connectivity index (χ1v) is 6.65. The maximum Gasteiger partial charge on any atom is 0.0175 e. The number of rotatable bonds is 7. The second-order valence-corrected chi connectivity index (χ2v) is 4.94. The van der Waals surface area contributed by atoms with Crippen LogP contribution >= 0.6 is 15.9 Å². The Kier molecular flexibility index (Phi) is 6.69. The highest BCUT2D eigenvalue weighted by atomic mass is 79.9. The Balaban J connectivity index is 2.09. The van der Waals surface area contributed by atoms with Crippen LogP contribution in [0.3, 0.4) is 0 Å². The predicted octanol–water partition coefficient (Wildman–Crippen LogP) is 2.53. The lowest BCUT2D eigenvalue weighted by Gasteiger charge is -2.13. The fourth-order valence-electron chi connectivity index (χ4n) is 1.44. The van der Waals surface area contributed by atoms with Gasteiger partial charge in [0.05, 0.1) is 0 Å². The molecule has 0 saturated heterocycles. The first-order chi connectivity index (χ1) is 7.72. The zero-order chi connectivity index (χ0) is 11.8. The van der Waals surface area contributed by atoms with Gasteiger partial charge >= 0.3 is 0 Å². The number of benzene rings is 1. The van der Waals surface area contributed by atoms with Crippen molar-refractivity contribution in [1.29, 1.82) is 0 Å². The SMILES string of the molecule is CCN(C)CCNCCc1ccc(Br)cc1. The van der Waals surface area contributed by atoms with E-state index in [0.29, 0.717) is 0 Å². The topological polar surface area (TPSA) is 15.3 Å². The largest absolute Gasteiger partial charge is 0.315 e. The van der Waals surface area contributed by atoms with Gasteiger partial charge < -0.3 is 10.2 Å². The van der Waals surface area contributed by atoms with E-state index in [1.165, 1.54) is 5.56 Å². The van der Waals surface area contributed by atoms with Crippen molar-refractivity contribution >= 4 is 15.9 Å². The van der Waals surface area contributed by atoms with Gasteiger partial charge in [-0.1, -0.05) is 35.0 Å². The van der Waals surface area contributed by atoms with E-state index in [9.17, 15) is 0 Å². The van der Waals surface area contributed by atoms with Gasteiger partial charge in [-0.2, -0.15) is 0 Å². The number of hydrogen-bond acceptors (Lipinski definition) is 2. The molecule has 1 aromatic rings. The first kappa shape index (κ1) is 13.7. The maximum absolute atomic E-state index is 3.46. The summed E-state index contributed by atoms with van der Waals surface area (Å²) >= 11 is 3.44. The zero-order valence-electron chi connectivity index (χ0n) is 10.2. The number of nitrogens with zero attached hydrogens (tertiary/aromatic N) is 1. The molecule has 0 fully saturated rings. The minimum absolute atomic E-state index is 1.05. The highest BCUT2D eigenvalue weighted by Gasteiger charge is 1.95. The van der Waals surface area contributed by atoms with E-state index in [2.05, 4.69) is 64.4 Å². The van der Waals surface area contributed by atoms with Gasteiger partial charge in [0.2, 0.25) is 0 Å². The number of halogens is 1. The van der Waals surface area contributed by atoms with Gasteiger partial charge in [0.15, 0.2) is 0 Å². The van der Waals surface area contributed by atoms with E-state index in [1.807, 2.05) is 0 Å². The van der Waals surface area contributed by atoms with Gasteiger partial charge in [-0.15, -0.1) is 0 Å². The van der Waals surface area contributed by atoms with Crippen LogP contribution in [0.25, 0.3) is 0 Å². The molecule has 0 unspecified atom stereocenters. The molecule has 0 aliphatic rings. The van der Waals surface area contributed by atoms with Gasteiger partial charge in [0, 0.05) is 17.6 Å². The van der Waals surface area contributed by atoms with Crippen LogP contribution < -0.4 is 5.32 Å². The number of hydrogen-bond donors (Lipinski definition) is 1. The third kappa shape index (κ3) is 5.64. The molecular weight excluding hydrogens is 264 g/mol. The van der Waals surface area contributed by atoms with Crippen LogP contribution in [0.2, 0.25) is 0 Å². The van der Waals surface area contributed by atoms with E-state index in [4.69, 9.17) is 0 Å². The smallest absolute Gasteiger partial charge is 0.0175 e. The van der Waals surface area contributed by atoms with Crippen molar-refractivity contribution in [2.45, 2.75) is 13.3 Å². The lowest BCUT2D eigenvalue weighted by atomic mass is 10.1. The van der Waals surface area contributed by atoms with Crippen molar-refractivity contribution in [2.75, 3.05) is 33.2 Å². The molecule has 0 saturated carbocycles. The van der Waals surface area contributed by atoms with Gasteiger partial charge in [0.1, 0.15) is 0 Å². The minimum atomic E-state index is 1.05. The van der Waals surface area contributed by atoms with Gasteiger partial charge in [-0.3, -0.25) is 0 Å². The van der Waals surface area contributed by atoms with Gasteiger partial charge in [-0.05, 0) is 44.3 Å². The fraction of sp³-hybridized carbons (Fsp3) is 0.538. The molecule has 0 aliphatic carbocycles. The standard InChI is InChI=1S/C13H21BrN2/c1-3-16(2)11-10-15-9-8-12-4-6-13(14)7-5-12/h4-7,15H,3,8-11H2,1-2H3. The van der Waals surface area contributed by atoms with Crippen molar-refractivity contribution in [3.63, 3.8) is 0 Å². The van der Waals surface area contributed by atoms with Crippen molar-refractivity contribution in [3.05, 3.63) is 34.3 Å². The molecule has 90 valence electrons. The molecule has 16 heavy (non-hydrogen) atoms. The molecule has 0 bridgehead atoms. The molecule has 1 N–H and O–H groups in total. The van der Waals surface area contributed by atoms with E-state index in [0.717, 1.165) is 37.1 Å². The van der Waals surface area contributed by atoms with Crippen molar-refractivity contribution in [1.82, 2.24) is 10.2 Å². The van der Waals surface area contributed by atoms with Crippen molar-refractivity contribution in [2.24, 2.45) is 0 Å². The Bertz CT molecular complexity index is 284. The maximum atomic E-state index is 3.46. The van der Waals surface area contributed by atoms with E-state index < -0.39 is 0 Å². The summed E-state index contributed by atoms with van der Waals surface area (Å²) in [6.45, 7) is 6.55. The molecule has 0 aliphatic heterocycles. The first-order valence-electron chi connectivity index (χ1n) is 5.86. The molecule has 2 nitrogen and oxygen atoms in total. The Morgan fingerprint density at radius 3 is 2.50 bits per heavy atom. The van der Waals surface area contributed by atoms with Crippen LogP contribution in [-0.4, -0.2) is 38.1 Å². The Hall–Kier alpha value is -0.380. The Labute approximate surface area is 107 Å². The van der Waals surface area contributed by atoms with Gasteiger partial charge in [-0.25, -0.2) is 0 Å². The summed E-state index contributed by atoms with van der Waals surface area (Å²) in [7, 11) is 2.15. The van der Waals surface area contributed by atoms with Crippen LogP contribution in [0.15, 0.2) is 28.7 Å². The molecule has 1 rings (SSSR count). The summed E-state index contributed by atoms with van der Waals surface area (Å²) in [5.74, 6) is 0. The summed E-state index contributed by atoms with van der Waals surface area (Å²) in [6, 6.07) is 8.54. The van der Waals surface area contributed by atoms with E-state index in [-0.39, 0.29) is 0 Å². The lowest BCUT2D eigenvalue weighted by Crippen LogP contribution is -2.30. The average molecular weight is 285 g/mol. The molecule has 3 heteroatoms. The van der Waals surface area contributed by atoms with Crippen LogP contribution in [-0.2, 0) is 6.42 Å². The van der Waals surface area contributed by atoms with E-state index >= 15 is 0 Å². The minimum Gasteiger partial charge on any atom is -0.315 e. The zero-order valence-corrected chi connectivity index (χ0v) is 11.8. The Morgan fingerprint density at radius 2 is 1.88 bits per heavy atom. The molecule has 0 spiro atoms. The third-order valence-electron chi connectivity index (χ3n) is 2.71. The highest BCUT2D eigenvalue weighted by Crippen LogP contribution is 2.10. The summed E-state index contributed by atoms with van der Waals surface area (Å²) in [6.07, 6.45) is 1.10. The average Bonchev–Trinajstić information content (AvgIpc) is 2.31. The molecular formula is C13H21BrN2. The monoisotopic (exact) mass is 284 g/mol. The number of likely N-dealkylation sites (N-methyl/N-ethyl adjacent to an activating group) is 1. The molecule has 0 heterocycles. The van der Waals surface area contributed by atoms with Gasteiger partial charge in [0.25, 0.3) is 0 Å². The van der Waals surface area contributed by atoms with E-state index in [1.54, 1.807) is 0 Å². The van der Waals surface area contributed by atoms with Crippen molar-refractivity contribution in [3.8, 4) is 0 Å². The Morgan fingerprint density at radius 1 is 1.19 bits per heavy atom. The molecule has 0 atom stereocenters. The number of nitrogens with one attached hydrogen (secondary N) is 1. The van der Waals surface area contributed by atoms with Crippen LogP contribution in [0, 0.1) is 0 Å². The second-order valence-electron chi connectivity index (χ2n) is 4.02. The normalized spacial score (nSPS) is 11.0. The molecule has 0 aromatic heterocycles. The summed E-state index contributed by atoms with van der Waals surface area (Å²) in [4.78, 5) is 2.31. The van der Waals surface area contributed by atoms with Crippen LogP contribution in [0.1, 0.15) is 12.5 Å². The lowest BCUT2D eigenvalue weighted by molar-refractivity contribution is 0.349.